The molecule has 0 spiro atoms. The summed E-state index contributed by atoms with van der Waals surface area (Å²) in [7, 11) is 0. The number of hydrogen-bond donors (Lipinski definition) is 3. The second-order valence-corrected chi connectivity index (χ2v) is 4.41. The SMILES string of the molecule is CCCCCC(=O)NC(CCC(=O)NCC)C(=O)O. The van der Waals surface area contributed by atoms with Crippen molar-refractivity contribution in [3.63, 3.8) is 0 Å². The van der Waals surface area contributed by atoms with Gasteiger partial charge in [0.05, 0.1) is 0 Å². The molecule has 0 rings (SSSR count). The normalized spacial score (nSPS) is 11.7. The van der Waals surface area contributed by atoms with E-state index in [1.165, 1.54) is 0 Å². The number of rotatable bonds is 10. The number of hydrogen-bond acceptors (Lipinski definition) is 3. The molecule has 0 heterocycles. The third-order valence-electron chi connectivity index (χ3n) is 2.67. The van der Waals surface area contributed by atoms with E-state index in [1.807, 2.05) is 6.92 Å². The molecule has 0 bridgehead atoms. The molecule has 0 saturated heterocycles. The smallest absolute Gasteiger partial charge is 0.326 e. The Morgan fingerprint density at radius 3 is 2.26 bits per heavy atom. The van der Waals surface area contributed by atoms with Gasteiger partial charge in [-0.3, -0.25) is 9.59 Å². The van der Waals surface area contributed by atoms with Crippen molar-refractivity contribution in [2.45, 2.75) is 58.4 Å². The van der Waals surface area contributed by atoms with Crippen LogP contribution < -0.4 is 10.6 Å². The Hall–Kier alpha value is -1.59. The van der Waals surface area contributed by atoms with Crippen LogP contribution in [0.4, 0.5) is 0 Å². The molecule has 6 heteroatoms. The van der Waals surface area contributed by atoms with Crippen molar-refractivity contribution < 1.29 is 19.5 Å². The standard InChI is InChI=1S/C13H24N2O4/c1-3-5-6-7-12(17)15-10(13(18)19)8-9-11(16)14-4-2/h10H,3-9H2,1-2H3,(H,14,16)(H,15,17)(H,18,19). The van der Waals surface area contributed by atoms with Gasteiger partial charge in [-0.2, -0.15) is 0 Å². The fraction of sp³-hybridized carbons (Fsp3) is 0.769. The molecule has 0 aliphatic heterocycles. The van der Waals surface area contributed by atoms with Crippen LogP contribution in [0.25, 0.3) is 0 Å². The van der Waals surface area contributed by atoms with E-state index in [9.17, 15) is 14.4 Å². The maximum Gasteiger partial charge on any atom is 0.326 e. The van der Waals surface area contributed by atoms with Crippen LogP contribution in [0.2, 0.25) is 0 Å². The molecule has 0 radical (unpaired) electrons. The van der Waals surface area contributed by atoms with E-state index in [-0.39, 0.29) is 24.7 Å². The molecule has 0 saturated carbocycles. The summed E-state index contributed by atoms with van der Waals surface area (Å²) >= 11 is 0. The minimum Gasteiger partial charge on any atom is -0.480 e. The van der Waals surface area contributed by atoms with Gasteiger partial charge in [-0.15, -0.1) is 0 Å². The first-order valence-corrected chi connectivity index (χ1v) is 6.80. The van der Waals surface area contributed by atoms with Crippen molar-refractivity contribution in [1.29, 1.82) is 0 Å². The number of carbonyl (C=O) groups is 3. The molecule has 1 unspecified atom stereocenters. The zero-order valence-electron chi connectivity index (χ0n) is 11.7. The van der Waals surface area contributed by atoms with Crippen LogP contribution in [0.15, 0.2) is 0 Å². The van der Waals surface area contributed by atoms with E-state index in [4.69, 9.17) is 5.11 Å². The first kappa shape index (κ1) is 17.4. The number of carboxylic acid groups (broad SMARTS) is 1. The lowest BCUT2D eigenvalue weighted by Gasteiger charge is -2.14. The van der Waals surface area contributed by atoms with Crippen molar-refractivity contribution in [2.24, 2.45) is 0 Å². The number of aliphatic carboxylic acids is 1. The van der Waals surface area contributed by atoms with Crippen LogP contribution in [0, 0.1) is 0 Å². The molecule has 0 aromatic carbocycles. The number of carboxylic acids is 1. The summed E-state index contributed by atoms with van der Waals surface area (Å²) in [4.78, 5) is 33.8. The fourth-order valence-electron chi connectivity index (χ4n) is 1.62. The summed E-state index contributed by atoms with van der Waals surface area (Å²) < 4.78 is 0. The Kier molecular flexibility index (Phi) is 9.48. The molecular weight excluding hydrogens is 248 g/mol. The first-order valence-electron chi connectivity index (χ1n) is 6.80. The second kappa shape index (κ2) is 10.3. The molecule has 3 N–H and O–H groups in total. The summed E-state index contributed by atoms with van der Waals surface area (Å²) in [6.07, 6.45) is 3.25. The molecule has 0 aromatic rings. The van der Waals surface area contributed by atoms with Gasteiger partial charge in [-0.25, -0.2) is 4.79 Å². The molecule has 0 aliphatic carbocycles. The number of nitrogens with one attached hydrogen (secondary N) is 2. The average molecular weight is 272 g/mol. The van der Waals surface area contributed by atoms with E-state index in [2.05, 4.69) is 10.6 Å². The van der Waals surface area contributed by atoms with E-state index in [1.54, 1.807) is 6.92 Å². The zero-order valence-corrected chi connectivity index (χ0v) is 11.7. The summed E-state index contributed by atoms with van der Waals surface area (Å²) in [5.74, 6) is -1.57. The topological polar surface area (TPSA) is 95.5 Å². The quantitative estimate of drug-likeness (QED) is 0.518. The van der Waals surface area contributed by atoms with E-state index in [0.717, 1.165) is 19.3 Å². The summed E-state index contributed by atoms with van der Waals surface area (Å²) in [5.41, 5.74) is 0. The van der Waals surface area contributed by atoms with Crippen molar-refractivity contribution >= 4 is 17.8 Å². The Balaban J connectivity index is 4.08. The van der Waals surface area contributed by atoms with Crippen LogP contribution in [0.5, 0.6) is 0 Å². The molecule has 0 aromatic heterocycles. The Morgan fingerprint density at radius 1 is 1.05 bits per heavy atom. The third-order valence-corrected chi connectivity index (χ3v) is 2.67. The van der Waals surface area contributed by atoms with Gasteiger partial charge in [0, 0.05) is 19.4 Å². The predicted octanol–water partition coefficient (Wildman–Crippen LogP) is 1.05. The molecule has 1 atom stereocenters. The second-order valence-electron chi connectivity index (χ2n) is 4.41. The molecule has 110 valence electrons. The Morgan fingerprint density at radius 2 is 1.74 bits per heavy atom. The van der Waals surface area contributed by atoms with Crippen molar-refractivity contribution in [3.8, 4) is 0 Å². The summed E-state index contributed by atoms with van der Waals surface area (Å²) in [6.45, 7) is 4.34. The minimum atomic E-state index is -1.10. The summed E-state index contributed by atoms with van der Waals surface area (Å²) in [5, 5.41) is 14.0. The lowest BCUT2D eigenvalue weighted by atomic mass is 10.1. The highest BCUT2D eigenvalue weighted by molar-refractivity contribution is 5.84. The van der Waals surface area contributed by atoms with Crippen molar-refractivity contribution in [3.05, 3.63) is 0 Å². The third kappa shape index (κ3) is 9.04. The molecule has 0 fully saturated rings. The largest absolute Gasteiger partial charge is 0.480 e. The van der Waals surface area contributed by atoms with Gasteiger partial charge in [0.2, 0.25) is 11.8 Å². The predicted molar refractivity (Wildman–Crippen MR) is 71.6 cm³/mol. The lowest BCUT2D eigenvalue weighted by Crippen LogP contribution is -2.41. The van der Waals surface area contributed by atoms with Gasteiger partial charge in [0.25, 0.3) is 0 Å². The van der Waals surface area contributed by atoms with E-state index >= 15 is 0 Å². The van der Waals surface area contributed by atoms with Crippen molar-refractivity contribution in [1.82, 2.24) is 10.6 Å². The van der Waals surface area contributed by atoms with Crippen LogP contribution in [0.3, 0.4) is 0 Å². The number of amides is 2. The van der Waals surface area contributed by atoms with Crippen LogP contribution in [-0.2, 0) is 14.4 Å². The molecular formula is C13H24N2O4. The highest BCUT2D eigenvalue weighted by atomic mass is 16.4. The Labute approximate surface area is 113 Å². The maximum absolute atomic E-state index is 11.5. The van der Waals surface area contributed by atoms with Crippen LogP contribution in [0.1, 0.15) is 52.4 Å². The van der Waals surface area contributed by atoms with Gasteiger partial charge < -0.3 is 15.7 Å². The number of carbonyl (C=O) groups excluding carboxylic acids is 2. The van der Waals surface area contributed by atoms with Crippen LogP contribution >= 0.6 is 0 Å². The van der Waals surface area contributed by atoms with Gasteiger partial charge >= 0.3 is 5.97 Å². The fourth-order valence-corrected chi connectivity index (χ4v) is 1.62. The van der Waals surface area contributed by atoms with E-state index < -0.39 is 12.0 Å². The zero-order chi connectivity index (χ0) is 14.7. The Bertz CT molecular complexity index is 305. The molecule has 6 nitrogen and oxygen atoms in total. The van der Waals surface area contributed by atoms with Gasteiger partial charge in [-0.05, 0) is 19.8 Å². The molecule has 0 aliphatic rings. The van der Waals surface area contributed by atoms with E-state index in [0.29, 0.717) is 13.0 Å². The highest BCUT2D eigenvalue weighted by Gasteiger charge is 2.20. The average Bonchev–Trinajstić information content (AvgIpc) is 2.34. The summed E-state index contributed by atoms with van der Waals surface area (Å²) in [6, 6.07) is -0.989. The highest BCUT2D eigenvalue weighted by Crippen LogP contribution is 2.02. The van der Waals surface area contributed by atoms with Crippen LogP contribution in [-0.4, -0.2) is 35.5 Å². The molecule has 2 amide bonds. The first-order chi connectivity index (χ1) is 9.01. The lowest BCUT2D eigenvalue weighted by molar-refractivity contribution is -0.142. The number of unbranched alkanes of at least 4 members (excludes halogenated alkanes) is 2. The van der Waals surface area contributed by atoms with Gasteiger partial charge in [0.1, 0.15) is 6.04 Å². The van der Waals surface area contributed by atoms with Gasteiger partial charge in [-0.1, -0.05) is 19.8 Å². The maximum atomic E-state index is 11.5. The monoisotopic (exact) mass is 272 g/mol. The minimum absolute atomic E-state index is 0.0973. The van der Waals surface area contributed by atoms with Crippen molar-refractivity contribution in [2.75, 3.05) is 6.54 Å². The van der Waals surface area contributed by atoms with Gasteiger partial charge in [0.15, 0.2) is 0 Å². The molecule has 19 heavy (non-hydrogen) atoms.